The van der Waals surface area contributed by atoms with E-state index in [1.165, 1.54) is 10.9 Å². The molecule has 0 fully saturated rings. The van der Waals surface area contributed by atoms with Gasteiger partial charge in [0.25, 0.3) is 5.56 Å². The van der Waals surface area contributed by atoms with Crippen LogP contribution in [0.2, 0.25) is 5.02 Å². The predicted octanol–water partition coefficient (Wildman–Crippen LogP) is 3.04. The third-order valence-corrected chi connectivity index (χ3v) is 2.99. The van der Waals surface area contributed by atoms with Crippen molar-refractivity contribution in [2.24, 2.45) is 0 Å². The van der Waals surface area contributed by atoms with Crippen molar-refractivity contribution in [3.05, 3.63) is 70.2 Å². The van der Waals surface area contributed by atoms with E-state index < -0.39 is 0 Å². The molecule has 0 bridgehead atoms. The first-order chi connectivity index (χ1) is 8.75. The molecule has 0 N–H and O–H groups in total. The number of benzene rings is 2. The van der Waals surface area contributed by atoms with Gasteiger partial charge in [-0.05, 0) is 30.3 Å². The van der Waals surface area contributed by atoms with Crippen LogP contribution in [0, 0.1) is 0 Å². The van der Waals surface area contributed by atoms with Crippen LogP contribution in [0.1, 0.15) is 0 Å². The minimum absolute atomic E-state index is 0.117. The summed E-state index contributed by atoms with van der Waals surface area (Å²) in [6.45, 7) is 0. The van der Waals surface area contributed by atoms with Gasteiger partial charge in [-0.1, -0.05) is 29.8 Å². The number of nitrogens with zero attached hydrogens (tertiary/aromatic N) is 2. The molecule has 0 aliphatic rings. The van der Waals surface area contributed by atoms with Gasteiger partial charge in [0, 0.05) is 5.02 Å². The molecule has 0 saturated carbocycles. The van der Waals surface area contributed by atoms with Crippen LogP contribution in [0.25, 0.3) is 16.6 Å². The van der Waals surface area contributed by atoms with Crippen molar-refractivity contribution in [1.29, 1.82) is 0 Å². The summed E-state index contributed by atoms with van der Waals surface area (Å²) >= 11 is 5.91. The second kappa shape index (κ2) is 4.27. The summed E-state index contributed by atoms with van der Waals surface area (Å²) in [6.07, 6.45) is 1.54. The van der Waals surface area contributed by atoms with E-state index in [0.717, 1.165) is 5.69 Å². The van der Waals surface area contributed by atoms with Crippen molar-refractivity contribution in [3.63, 3.8) is 0 Å². The van der Waals surface area contributed by atoms with Gasteiger partial charge < -0.3 is 0 Å². The summed E-state index contributed by atoms with van der Waals surface area (Å²) in [5.74, 6) is 0. The lowest BCUT2D eigenvalue weighted by molar-refractivity contribution is 0.963. The monoisotopic (exact) mass is 256 g/mol. The van der Waals surface area contributed by atoms with E-state index >= 15 is 0 Å². The lowest BCUT2D eigenvalue weighted by Gasteiger charge is -2.06. The van der Waals surface area contributed by atoms with Crippen molar-refractivity contribution in [3.8, 4) is 5.69 Å². The van der Waals surface area contributed by atoms with E-state index in [0.29, 0.717) is 15.9 Å². The molecule has 0 aliphatic heterocycles. The number of aromatic nitrogens is 2. The lowest BCUT2D eigenvalue weighted by Crippen LogP contribution is -2.18. The molecular weight excluding hydrogens is 248 g/mol. The van der Waals surface area contributed by atoms with Crippen molar-refractivity contribution in [2.75, 3.05) is 0 Å². The molecule has 0 aliphatic carbocycles. The van der Waals surface area contributed by atoms with Crippen LogP contribution in [0.3, 0.4) is 0 Å². The molecule has 3 nitrogen and oxygen atoms in total. The Morgan fingerprint density at radius 2 is 1.83 bits per heavy atom. The Bertz CT molecular complexity index is 766. The minimum Gasteiger partial charge on any atom is -0.268 e. The van der Waals surface area contributed by atoms with Crippen molar-refractivity contribution >= 4 is 22.5 Å². The second-order valence-electron chi connectivity index (χ2n) is 3.92. The fraction of sp³-hybridized carbons (Fsp3) is 0. The Morgan fingerprint density at radius 3 is 2.61 bits per heavy atom. The Morgan fingerprint density at radius 1 is 1.06 bits per heavy atom. The third-order valence-electron chi connectivity index (χ3n) is 2.75. The normalized spacial score (nSPS) is 10.7. The van der Waals surface area contributed by atoms with Gasteiger partial charge in [-0.25, -0.2) is 4.98 Å². The van der Waals surface area contributed by atoms with E-state index in [1.807, 2.05) is 30.3 Å². The Balaban J connectivity index is 2.33. The molecule has 2 aromatic carbocycles. The van der Waals surface area contributed by atoms with E-state index in [2.05, 4.69) is 4.98 Å². The quantitative estimate of drug-likeness (QED) is 0.671. The lowest BCUT2D eigenvalue weighted by atomic mass is 10.2. The molecule has 1 heterocycles. The van der Waals surface area contributed by atoms with Gasteiger partial charge in [0.15, 0.2) is 0 Å². The number of fused-ring (bicyclic) bond motifs is 1. The average Bonchev–Trinajstić information content (AvgIpc) is 2.41. The maximum Gasteiger partial charge on any atom is 0.265 e. The highest BCUT2D eigenvalue weighted by molar-refractivity contribution is 6.31. The standard InChI is InChI=1S/C14H9ClN2O/c15-10-6-7-13-12(8-10)14(18)17(9-16-13)11-4-2-1-3-5-11/h1-9H. The van der Waals surface area contributed by atoms with Crippen LogP contribution in [0.15, 0.2) is 59.7 Å². The largest absolute Gasteiger partial charge is 0.268 e. The first-order valence-electron chi connectivity index (χ1n) is 5.48. The molecule has 0 unspecified atom stereocenters. The molecule has 0 atom stereocenters. The fourth-order valence-electron chi connectivity index (χ4n) is 1.87. The van der Waals surface area contributed by atoms with Gasteiger partial charge in [0.05, 0.1) is 16.6 Å². The van der Waals surface area contributed by atoms with Gasteiger partial charge in [-0.3, -0.25) is 9.36 Å². The highest BCUT2D eigenvalue weighted by atomic mass is 35.5. The summed E-state index contributed by atoms with van der Waals surface area (Å²) in [4.78, 5) is 16.6. The van der Waals surface area contributed by atoms with Crippen LogP contribution in [0.4, 0.5) is 0 Å². The summed E-state index contributed by atoms with van der Waals surface area (Å²) in [5.41, 5.74) is 1.32. The number of rotatable bonds is 1. The molecule has 0 radical (unpaired) electrons. The average molecular weight is 257 g/mol. The van der Waals surface area contributed by atoms with Crippen molar-refractivity contribution < 1.29 is 0 Å². The highest BCUT2D eigenvalue weighted by Crippen LogP contribution is 2.15. The molecule has 0 amide bonds. The maximum absolute atomic E-state index is 12.3. The van der Waals surface area contributed by atoms with E-state index in [9.17, 15) is 4.79 Å². The smallest absolute Gasteiger partial charge is 0.265 e. The molecule has 0 spiro atoms. The molecule has 88 valence electrons. The summed E-state index contributed by atoms with van der Waals surface area (Å²) in [5, 5.41) is 1.06. The summed E-state index contributed by atoms with van der Waals surface area (Å²) in [7, 11) is 0. The molecule has 3 rings (SSSR count). The van der Waals surface area contributed by atoms with Crippen LogP contribution < -0.4 is 5.56 Å². The number of hydrogen-bond donors (Lipinski definition) is 0. The van der Waals surface area contributed by atoms with Gasteiger partial charge in [-0.15, -0.1) is 0 Å². The van der Waals surface area contributed by atoms with E-state index in [4.69, 9.17) is 11.6 Å². The number of hydrogen-bond acceptors (Lipinski definition) is 2. The van der Waals surface area contributed by atoms with Crippen LogP contribution in [-0.4, -0.2) is 9.55 Å². The fourth-order valence-corrected chi connectivity index (χ4v) is 2.04. The van der Waals surface area contributed by atoms with Gasteiger partial charge in [0.2, 0.25) is 0 Å². The summed E-state index contributed by atoms with van der Waals surface area (Å²) in [6, 6.07) is 14.5. The zero-order valence-electron chi connectivity index (χ0n) is 9.38. The molecule has 4 heteroatoms. The first-order valence-corrected chi connectivity index (χ1v) is 5.86. The van der Waals surface area contributed by atoms with Crippen LogP contribution in [0.5, 0.6) is 0 Å². The molecule has 3 aromatic rings. The SMILES string of the molecule is O=c1c2cc(Cl)ccc2ncn1-c1ccccc1. The van der Waals surface area contributed by atoms with Crippen molar-refractivity contribution in [1.82, 2.24) is 9.55 Å². The Hall–Kier alpha value is -2.13. The molecule has 0 saturated heterocycles. The topological polar surface area (TPSA) is 34.9 Å². The first kappa shape index (κ1) is 11.0. The molecule has 18 heavy (non-hydrogen) atoms. The maximum atomic E-state index is 12.3. The highest BCUT2D eigenvalue weighted by Gasteiger charge is 2.05. The van der Waals surface area contributed by atoms with Crippen LogP contribution in [-0.2, 0) is 0 Å². The van der Waals surface area contributed by atoms with Gasteiger partial charge >= 0.3 is 0 Å². The van der Waals surface area contributed by atoms with Gasteiger partial charge in [-0.2, -0.15) is 0 Å². The number of halogens is 1. The van der Waals surface area contributed by atoms with E-state index in [1.54, 1.807) is 18.2 Å². The van der Waals surface area contributed by atoms with Crippen molar-refractivity contribution in [2.45, 2.75) is 0 Å². The van der Waals surface area contributed by atoms with Crippen LogP contribution >= 0.6 is 11.6 Å². The predicted molar refractivity (Wildman–Crippen MR) is 72.4 cm³/mol. The summed E-state index contributed by atoms with van der Waals surface area (Å²) < 4.78 is 1.51. The zero-order chi connectivity index (χ0) is 12.5. The molecule has 1 aromatic heterocycles. The third kappa shape index (κ3) is 1.79. The Labute approximate surface area is 108 Å². The molecular formula is C14H9ClN2O. The minimum atomic E-state index is -0.117. The van der Waals surface area contributed by atoms with Gasteiger partial charge in [0.1, 0.15) is 6.33 Å². The second-order valence-corrected chi connectivity index (χ2v) is 4.35. The zero-order valence-corrected chi connectivity index (χ0v) is 10.1. The van der Waals surface area contributed by atoms with E-state index in [-0.39, 0.29) is 5.56 Å². The Kier molecular flexibility index (Phi) is 2.61. The number of para-hydroxylation sites is 1.